The van der Waals surface area contributed by atoms with Gasteiger partial charge in [-0.25, -0.2) is 0 Å². The van der Waals surface area contributed by atoms with Crippen LogP contribution >= 0.6 is 0 Å². The zero-order valence-corrected chi connectivity index (χ0v) is 11.9. The van der Waals surface area contributed by atoms with Gasteiger partial charge in [-0.1, -0.05) is 6.07 Å². The van der Waals surface area contributed by atoms with E-state index >= 15 is 0 Å². The molecule has 2 rings (SSSR count). The lowest BCUT2D eigenvalue weighted by molar-refractivity contribution is -0.384. The van der Waals surface area contributed by atoms with E-state index in [1.807, 2.05) is 13.0 Å². The molecule has 1 fully saturated rings. The number of hydrogen-bond acceptors (Lipinski definition) is 5. The molecule has 1 saturated heterocycles. The van der Waals surface area contributed by atoms with Gasteiger partial charge in [-0.2, -0.15) is 0 Å². The van der Waals surface area contributed by atoms with Crippen molar-refractivity contribution in [3.05, 3.63) is 33.9 Å². The van der Waals surface area contributed by atoms with Gasteiger partial charge in [0.1, 0.15) is 5.69 Å². The molecule has 1 aliphatic heterocycles. The van der Waals surface area contributed by atoms with E-state index < -0.39 is 0 Å². The Kier molecular flexibility index (Phi) is 4.57. The highest BCUT2D eigenvalue weighted by molar-refractivity contribution is 5.62. The Morgan fingerprint density at radius 1 is 1.55 bits per heavy atom. The highest BCUT2D eigenvalue weighted by Crippen LogP contribution is 2.27. The van der Waals surface area contributed by atoms with E-state index in [1.165, 1.54) is 0 Å². The molecule has 1 heterocycles. The second-order valence-corrected chi connectivity index (χ2v) is 5.37. The lowest BCUT2D eigenvalue weighted by Crippen LogP contribution is -2.49. The van der Waals surface area contributed by atoms with E-state index in [-0.39, 0.29) is 16.1 Å². The van der Waals surface area contributed by atoms with Crippen molar-refractivity contribution in [3.63, 3.8) is 0 Å². The highest BCUT2D eigenvalue weighted by Gasteiger charge is 2.33. The third-order valence-corrected chi connectivity index (χ3v) is 3.72. The van der Waals surface area contributed by atoms with Crippen LogP contribution in [0.4, 0.5) is 11.4 Å². The Morgan fingerprint density at radius 3 is 2.95 bits per heavy atom. The van der Waals surface area contributed by atoms with E-state index in [1.54, 1.807) is 19.2 Å². The lowest BCUT2D eigenvalue weighted by Gasteiger charge is -2.29. The SMILES string of the molecule is COCC1(CNc2cc(C)ccc2[N+](=O)[O-])CCCN1. The van der Waals surface area contributed by atoms with Crippen LogP contribution in [0.15, 0.2) is 18.2 Å². The fraction of sp³-hybridized carbons (Fsp3) is 0.571. The zero-order chi connectivity index (χ0) is 14.6. The summed E-state index contributed by atoms with van der Waals surface area (Å²) < 4.78 is 5.28. The largest absolute Gasteiger partial charge is 0.383 e. The molecular formula is C14H21N3O3. The Hall–Kier alpha value is -1.66. The summed E-state index contributed by atoms with van der Waals surface area (Å²) >= 11 is 0. The maximum atomic E-state index is 11.1. The maximum absolute atomic E-state index is 11.1. The van der Waals surface area contributed by atoms with Gasteiger partial charge in [0, 0.05) is 19.7 Å². The van der Waals surface area contributed by atoms with Crippen molar-refractivity contribution in [1.29, 1.82) is 0 Å². The van der Waals surface area contributed by atoms with Gasteiger partial charge in [-0.05, 0) is 37.9 Å². The molecule has 1 aliphatic rings. The van der Waals surface area contributed by atoms with Crippen LogP contribution in [0.25, 0.3) is 0 Å². The number of nitrogens with one attached hydrogen (secondary N) is 2. The molecule has 6 heteroatoms. The first kappa shape index (κ1) is 14.7. The first-order chi connectivity index (χ1) is 9.56. The van der Waals surface area contributed by atoms with Crippen LogP contribution < -0.4 is 10.6 Å². The molecule has 0 bridgehead atoms. The second-order valence-electron chi connectivity index (χ2n) is 5.37. The van der Waals surface area contributed by atoms with Crippen molar-refractivity contribution in [2.24, 2.45) is 0 Å². The number of benzene rings is 1. The maximum Gasteiger partial charge on any atom is 0.292 e. The summed E-state index contributed by atoms with van der Waals surface area (Å²) in [4.78, 5) is 10.7. The number of nitrogens with zero attached hydrogens (tertiary/aromatic N) is 1. The van der Waals surface area contributed by atoms with Crippen LogP contribution in [-0.2, 0) is 4.74 Å². The van der Waals surface area contributed by atoms with E-state index in [0.29, 0.717) is 18.8 Å². The number of nitro groups is 1. The fourth-order valence-electron chi connectivity index (χ4n) is 2.69. The molecule has 1 aromatic rings. The quantitative estimate of drug-likeness (QED) is 0.616. The van der Waals surface area contributed by atoms with Crippen molar-refractivity contribution in [2.45, 2.75) is 25.3 Å². The average molecular weight is 279 g/mol. The minimum absolute atomic E-state index is 0.112. The van der Waals surface area contributed by atoms with Crippen LogP contribution in [0.2, 0.25) is 0 Å². The Bertz CT molecular complexity index is 485. The van der Waals surface area contributed by atoms with Crippen LogP contribution in [0.3, 0.4) is 0 Å². The summed E-state index contributed by atoms with van der Waals surface area (Å²) in [5.41, 5.74) is 1.55. The number of aryl methyl sites for hydroxylation is 1. The topological polar surface area (TPSA) is 76.4 Å². The summed E-state index contributed by atoms with van der Waals surface area (Å²) in [6, 6.07) is 5.11. The molecule has 1 atom stereocenters. The van der Waals surface area contributed by atoms with Gasteiger partial charge in [0.15, 0.2) is 0 Å². The van der Waals surface area contributed by atoms with E-state index in [2.05, 4.69) is 10.6 Å². The van der Waals surface area contributed by atoms with E-state index in [0.717, 1.165) is 24.9 Å². The summed E-state index contributed by atoms with van der Waals surface area (Å²) in [5.74, 6) is 0. The third-order valence-electron chi connectivity index (χ3n) is 3.72. The van der Waals surface area contributed by atoms with Crippen molar-refractivity contribution < 1.29 is 9.66 Å². The predicted octanol–water partition coefficient (Wildman–Crippen LogP) is 2.08. The number of methoxy groups -OCH3 is 1. The van der Waals surface area contributed by atoms with E-state index in [4.69, 9.17) is 4.74 Å². The molecule has 110 valence electrons. The molecule has 1 aromatic carbocycles. The summed E-state index contributed by atoms with van der Waals surface area (Å²) in [5, 5.41) is 17.7. The summed E-state index contributed by atoms with van der Waals surface area (Å²) in [6.45, 7) is 4.10. The van der Waals surface area contributed by atoms with Gasteiger partial charge in [0.2, 0.25) is 0 Å². The number of anilines is 1. The monoisotopic (exact) mass is 279 g/mol. The molecule has 20 heavy (non-hydrogen) atoms. The molecular weight excluding hydrogens is 258 g/mol. The summed E-state index contributed by atoms with van der Waals surface area (Å²) in [6.07, 6.45) is 2.11. The lowest BCUT2D eigenvalue weighted by atomic mass is 9.98. The number of nitro benzene ring substituents is 1. The van der Waals surface area contributed by atoms with E-state index in [9.17, 15) is 10.1 Å². The van der Waals surface area contributed by atoms with Gasteiger partial charge in [-0.15, -0.1) is 0 Å². The smallest absolute Gasteiger partial charge is 0.292 e. The van der Waals surface area contributed by atoms with Crippen molar-refractivity contribution >= 4 is 11.4 Å². The minimum atomic E-state index is -0.354. The van der Waals surface area contributed by atoms with Gasteiger partial charge in [0.25, 0.3) is 5.69 Å². The standard InChI is InChI=1S/C14H21N3O3/c1-11-4-5-13(17(18)19)12(8-11)15-9-14(10-20-2)6-3-7-16-14/h4-5,8,15-16H,3,6-7,9-10H2,1-2H3. The predicted molar refractivity (Wildman–Crippen MR) is 78.2 cm³/mol. The average Bonchev–Trinajstić information content (AvgIpc) is 2.86. The molecule has 0 aromatic heterocycles. The molecule has 0 spiro atoms. The summed E-state index contributed by atoms with van der Waals surface area (Å²) in [7, 11) is 1.68. The Labute approximate surface area is 118 Å². The normalized spacial score (nSPS) is 21.9. The third kappa shape index (κ3) is 3.26. The van der Waals surface area contributed by atoms with Gasteiger partial charge >= 0.3 is 0 Å². The zero-order valence-electron chi connectivity index (χ0n) is 11.9. The Morgan fingerprint density at radius 2 is 2.35 bits per heavy atom. The molecule has 0 aliphatic carbocycles. The first-order valence-electron chi connectivity index (χ1n) is 6.79. The van der Waals surface area contributed by atoms with Gasteiger partial charge in [-0.3, -0.25) is 10.1 Å². The van der Waals surface area contributed by atoms with Crippen molar-refractivity contribution in [2.75, 3.05) is 32.1 Å². The minimum Gasteiger partial charge on any atom is -0.383 e. The number of hydrogen-bond donors (Lipinski definition) is 2. The number of ether oxygens (including phenoxy) is 1. The van der Waals surface area contributed by atoms with Crippen LogP contribution in [0, 0.1) is 17.0 Å². The van der Waals surface area contributed by atoms with Crippen molar-refractivity contribution in [3.8, 4) is 0 Å². The molecule has 0 radical (unpaired) electrons. The Balaban J connectivity index is 2.13. The fourth-order valence-corrected chi connectivity index (χ4v) is 2.69. The number of rotatable bonds is 6. The highest BCUT2D eigenvalue weighted by atomic mass is 16.6. The molecule has 6 nitrogen and oxygen atoms in total. The van der Waals surface area contributed by atoms with Crippen LogP contribution in [-0.4, -0.2) is 37.3 Å². The second kappa shape index (κ2) is 6.19. The molecule has 2 N–H and O–H groups in total. The van der Waals surface area contributed by atoms with Gasteiger partial charge in [0.05, 0.1) is 17.1 Å². The van der Waals surface area contributed by atoms with Crippen LogP contribution in [0.5, 0.6) is 0 Å². The van der Waals surface area contributed by atoms with Gasteiger partial charge < -0.3 is 15.4 Å². The van der Waals surface area contributed by atoms with Crippen LogP contribution in [0.1, 0.15) is 18.4 Å². The molecule has 1 unspecified atom stereocenters. The van der Waals surface area contributed by atoms with Crippen molar-refractivity contribution in [1.82, 2.24) is 5.32 Å². The molecule has 0 saturated carbocycles. The molecule has 0 amide bonds. The first-order valence-corrected chi connectivity index (χ1v) is 6.79.